The molecule has 0 aromatic carbocycles. The number of amides is 5. The molecule has 0 spiro atoms. The lowest BCUT2D eigenvalue weighted by atomic mass is 10.1. The molecule has 1 aliphatic heterocycles. The number of nitrogens with zero attached hydrogens (tertiary/aromatic N) is 1. The van der Waals surface area contributed by atoms with Crippen molar-refractivity contribution in [3.63, 3.8) is 0 Å². The summed E-state index contributed by atoms with van der Waals surface area (Å²) < 4.78 is 0. The maximum Gasteiger partial charge on any atom is 0.326 e. The van der Waals surface area contributed by atoms with Gasteiger partial charge in [-0.15, -0.1) is 0 Å². The number of likely N-dealkylation sites (tertiary alicyclic amines) is 1. The van der Waals surface area contributed by atoms with E-state index in [2.05, 4.69) is 21.3 Å². The van der Waals surface area contributed by atoms with Gasteiger partial charge >= 0.3 is 11.9 Å². The van der Waals surface area contributed by atoms with Gasteiger partial charge in [-0.1, -0.05) is 0 Å². The Morgan fingerprint density at radius 1 is 0.846 bits per heavy atom. The number of carbonyl (C=O) groups is 7. The summed E-state index contributed by atoms with van der Waals surface area (Å²) in [5, 5.41) is 45.5. The Hall–Kier alpha value is -3.83. The molecule has 0 radical (unpaired) electrons. The standard InChI is InChI=1S/C22H36N6O11/c1-10(17(33)24-11(2)18(34)26-13(22(38)39)5-6-16(31)32)25-19(35)14(9-30)27-20(36)15-4-3-7-28(15)21(37)12(23)8-29/h10-15,29-30H,3-9,23H2,1-2H3,(H,24,33)(H,25,35)(H,26,34)(H,27,36)(H,31,32)(H,38,39)/t10-,11-,12-,13-,14-,15-/m0/s1. The van der Waals surface area contributed by atoms with Crippen LogP contribution in [0.4, 0.5) is 0 Å². The minimum Gasteiger partial charge on any atom is -0.481 e. The first kappa shape index (κ1) is 33.2. The van der Waals surface area contributed by atoms with Gasteiger partial charge in [0.2, 0.25) is 29.5 Å². The van der Waals surface area contributed by atoms with Crippen molar-refractivity contribution in [2.75, 3.05) is 19.8 Å². The highest BCUT2D eigenvalue weighted by Crippen LogP contribution is 2.18. The van der Waals surface area contributed by atoms with Crippen molar-refractivity contribution in [1.82, 2.24) is 26.2 Å². The number of hydrogen-bond donors (Lipinski definition) is 9. The molecule has 10 N–H and O–H groups in total. The molecular formula is C22H36N6O11. The van der Waals surface area contributed by atoms with Gasteiger partial charge in [-0.05, 0) is 33.1 Å². The molecule has 17 heteroatoms. The molecule has 1 saturated heterocycles. The summed E-state index contributed by atoms with van der Waals surface area (Å²) in [5.41, 5.74) is 5.54. The molecule has 6 atom stereocenters. The minimum absolute atomic E-state index is 0.219. The smallest absolute Gasteiger partial charge is 0.326 e. The maximum atomic E-state index is 12.7. The van der Waals surface area contributed by atoms with Gasteiger partial charge in [0.05, 0.1) is 13.2 Å². The van der Waals surface area contributed by atoms with E-state index in [1.54, 1.807) is 0 Å². The zero-order chi connectivity index (χ0) is 29.9. The molecule has 0 bridgehead atoms. The average molecular weight is 561 g/mol. The quantitative estimate of drug-likeness (QED) is 0.0912. The van der Waals surface area contributed by atoms with Crippen LogP contribution in [0.3, 0.4) is 0 Å². The van der Waals surface area contributed by atoms with Gasteiger partial charge in [0, 0.05) is 13.0 Å². The Morgan fingerprint density at radius 2 is 1.41 bits per heavy atom. The van der Waals surface area contributed by atoms with Gasteiger partial charge < -0.3 is 52.3 Å². The monoisotopic (exact) mass is 560 g/mol. The predicted octanol–water partition coefficient (Wildman–Crippen LogP) is -4.78. The van der Waals surface area contributed by atoms with Gasteiger partial charge in [-0.3, -0.25) is 28.8 Å². The molecule has 0 saturated carbocycles. The first-order valence-electron chi connectivity index (χ1n) is 12.2. The second-order valence-corrected chi connectivity index (χ2v) is 9.01. The topological polar surface area (TPSA) is 278 Å². The second kappa shape index (κ2) is 15.6. The van der Waals surface area contributed by atoms with Crippen molar-refractivity contribution in [2.24, 2.45) is 5.73 Å². The number of aliphatic carboxylic acids is 2. The van der Waals surface area contributed by atoms with E-state index in [1.807, 2.05) is 0 Å². The van der Waals surface area contributed by atoms with Gasteiger partial charge in [-0.2, -0.15) is 0 Å². The summed E-state index contributed by atoms with van der Waals surface area (Å²) >= 11 is 0. The molecule has 1 heterocycles. The fourth-order valence-corrected chi connectivity index (χ4v) is 3.66. The molecule has 0 aromatic heterocycles. The third-order valence-electron chi connectivity index (χ3n) is 5.93. The molecular weight excluding hydrogens is 524 g/mol. The third kappa shape index (κ3) is 10.1. The first-order chi connectivity index (χ1) is 18.2. The van der Waals surface area contributed by atoms with Gasteiger partial charge in [-0.25, -0.2) is 4.79 Å². The highest BCUT2D eigenvalue weighted by Gasteiger charge is 2.37. The molecule has 0 aliphatic carbocycles. The number of nitrogens with one attached hydrogen (secondary N) is 4. The van der Waals surface area contributed by atoms with Crippen LogP contribution >= 0.6 is 0 Å². The molecule has 39 heavy (non-hydrogen) atoms. The van der Waals surface area contributed by atoms with Crippen LogP contribution in [0.1, 0.15) is 39.5 Å². The number of aliphatic hydroxyl groups excluding tert-OH is 2. The Labute approximate surface area is 223 Å². The van der Waals surface area contributed by atoms with Crippen LogP contribution in [0.15, 0.2) is 0 Å². The van der Waals surface area contributed by atoms with E-state index in [-0.39, 0.29) is 19.4 Å². The lowest BCUT2D eigenvalue weighted by Crippen LogP contribution is -2.59. The van der Waals surface area contributed by atoms with E-state index in [0.717, 1.165) is 0 Å². The van der Waals surface area contributed by atoms with Crippen LogP contribution in [0.5, 0.6) is 0 Å². The van der Waals surface area contributed by atoms with Crippen molar-refractivity contribution in [3.05, 3.63) is 0 Å². The number of hydrogen-bond acceptors (Lipinski definition) is 10. The van der Waals surface area contributed by atoms with E-state index in [0.29, 0.717) is 6.42 Å². The molecule has 1 rings (SSSR count). The fraction of sp³-hybridized carbons (Fsp3) is 0.682. The molecule has 0 unspecified atom stereocenters. The van der Waals surface area contributed by atoms with E-state index in [9.17, 15) is 38.7 Å². The normalized spacial score (nSPS) is 18.6. The number of carbonyl (C=O) groups excluding carboxylic acids is 5. The summed E-state index contributed by atoms with van der Waals surface area (Å²) in [5.74, 6) is -6.78. The summed E-state index contributed by atoms with van der Waals surface area (Å²) in [7, 11) is 0. The van der Waals surface area contributed by atoms with Gasteiger partial charge in [0.15, 0.2) is 0 Å². The highest BCUT2D eigenvalue weighted by atomic mass is 16.4. The van der Waals surface area contributed by atoms with E-state index >= 15 is 0 Å². The average Bonchev–Trinajstić information content (AvgIpc) is 3.37. The van der Waals surface area contributed by atoms with E-state index in [1.165, 1.54) is 18.7 Å². The van der Waals surface area contributed by atoms with E-state index < -0.39 is 97.4 Å². The minimum atomic E-state index is -1.50. The number of carboxylic acid groups (broad SMARTS) is 2. The SMILES string of the molecule is C[C@H](NC(=O)[C@H](C)NC(=O)[C@H](CO)NC(=O)[C@@H]1CCCN1C(=O)[C@@H](N)CO)C(=O)N[C@@H](CCC(=O)O)C(=O)O. The number of rotatable bonds is 15. The third-order valence-corrected chi connectivity index (χ3v) is 5.93. The summed E-state index contributed by atoms with van der Waals surface area (Å²) in [6.45, 7) is 1.27. The molecule has 5 amide bonds. The molecule has 1 fully saturated rings. The van der Waals surface area contributed by atoms with Crippen LogP contribution in [0, 0.1) is 0 Å². The molecule has 1 aliphatic rings. The number of carboxylic acids is 2. The van der Waals surface area contributed by atoms with Crippen LogP contribution in [0.25, 0.3) is 0 Å². The van der Waals surface area contributed by atoms with Gasteiger partial charge in [0.25, 0.3) is 0 Å². The summed E-state index contributed by atoms with van der Waals surface area (Å²) in [4.78, 5) is 85.4. The van der Waals surface area contributed by atoms with Crippen LogP contribution in [-0.2, 0) is 33.6 Å². The Balaban J connectivity index is 2.68. The fourth-order valence-electron chi connectivity index (χ4n) is 3.66. The van der Waals surface area contributed by atoms with Crippen molar-refractivity contribution < 1.29 is 54.0 Å². The van der Waals surface area contributed by atoms with Crippen LogP contribution < -0.4 is 27.0 Å². The van der Waals surface area contributed by atoms with Crippen molar-refractivity contribution >= 4 is 41.5 Å². The van der Waals surface area contributed by atoms with Crippen LogP contribution in [-0.4, -0.2) is 123 Å². The number of nitrogens with two attached hydrogens (primary N) is 1. The summed E-state index contributed by atoms with van der Waals surface area (Å²) in [6, 6.07) is -7.67. The van der Waals surface area contributed by atoms with Gasteiger partial charge in [0.1, 0.15) is 36.3 Å². The van der Waals surface area contributed by atoms with Crippen LogP contribution in [0.2, 0.25) is 0 Å². The zero-order valence-corrected chi connectivity index (χ0v) is 21.6. The first-order valence-corrected chi connectivity index (χ1v) is 12.2. The Kier molecular flexibility index (Phi) is 13.2. The Bertz CT molecular complexity index is 945. The zero-order valence-electron chi connectivity index (χ0n) is 21.6. The Morgan fingerprint density at radius 3 is 1.92 bits per heavy atom. The molecule has 17 nitrogen and oxygen atoms in total. The highest BCUT2D eigenvalue weighted by molar-refractivity contribution is 5.96. The van der Waals surface area contributed by atoms with Crippen molar-refractivity contribution in [3.8, 4) is 0 Å². The van der Waals surface area contributed by atoms with E-state index in [4.69, 9.17) is 21.1 Å². The van der Waals surface area contributed by atoms with Crippen molar-refractivity contribution in [1.29, 1.82) is 0 Å². The number of aliphatic hydroxyl groups is 2. The molecule has 0 aromatic rings. The lowest BCUT2D eigenvalue weighted by Gasteiger charge is -2.27. The summed E-state index contributed by atoms with van der Waals surface area (Å²) in [6.07, 6.45) is -0.130. The molecule has 220 valence electrons. The second-order valence-electron chi connectivity index (χ2n) is 9.01. The largest absolute Gasteiger partial charge is 0.481 e. The van der Waals surface area contributed by atoms with Crippen molar-refractivity contribution in [2.45, 2.75) is 75.8 Å². The predicted molar refractivity (Wildman–Crippen MR) is 130 cm³/mol. The lowest BCUT2D eigenvalue weighted by molar-refractivity contribution is -0.143. The maximum absolute atomic E-state index is 12.7.